The van der Waals surface area contributed by atoms with E-state index >= 15 is 0 Å². The van der Waals surface area contributed by atoms with E-state index in [0.717, 1.165) is 18.6 Å². The molecule has 1 aromatic rings. The Labute approximate surface area is 123 Å². The highest BCUT2D eigenvalue weighted by molar-refractivity contribution is 5.33. The van der Waals surface area contributed by atoms with E-state index in [1.54, 1.807) is 7.11 Å². The largest absolute Gasteiger partial charge is 0.491 e. The smallest absolute Gasteiger partial charge is 0.122 e. The molecule has 0 saturated heterocycles. The third-order valence-corrected chi connectivity index (χ3v) is 3.61. The van der Waals surface area contributed by atoms with Gasteiger partial charge in [-0.25, -0.2) is 0 Å². The standard InChI is InChI=1S/C17H29NO2/c1-17(2,3)16(18-4)11-10-14-8-6-7-9-15(14)20-13-12-19-5/h6-9,16,18H,10-13H2,1-5H3. The number of nitrogens with one attached hydrogen (secondary N) is 1. The topological polar surface area (TPSA) is 30.5 Å². The van der Waals surface area contributed by atoms with Crippen molar-refractivity contribution in [1.29, 1.82) is 0 Å². The molecule has 0 amide bonds. The van der Waals surface area contributed by atoms with Crippen LogP contribution in [-0.4, -0.2) is 33.4 Å². The fourth-order valence-electron chi connectivity index (χ4n) is 2.40. The second kappa shape index (κ2) is 8.28. The Morgan fingerprint density at radius 1 is 1.15 bits per heavy atom. The molecule has 1 unspecified atom stereocenters. The molecule has 0 aliphatic carbocycles. The molecule has 20 heavy (non-hydrogen) atoms. The minimum atomic E-state index is 0.264. The van der Waals surface area contributed by atoms with E-state index in [4.69, 9.17) is 9.47 Å². The molecule has 0 radical (unpaired) electrons. The Bertz CT molecular complexity index is 385. The predicted octanol–water partition coefficient (Wildman–Crippen LogP) is 3.28. The van der Waals surface area contributed by atoms with Gasteiger partial charge in [-0.1, -0.05) is 39.0 Å². The lowest BCUT2D eigenvalue weighted by Gasteiger charge is -2.30. The van der Waals surface area contributed by atoms with Crippen molar-refractivity contribution in [1.82, 2.24) is 5.32 Å². The van der Waals surface area contributed by atoms with Crippen molar-refractivity contribution in [3.63, 3.8) is 0 Å². The van der Waals surface area contributed by atoms with Crippen LogP contribution in [0.3, 0.4) is 0 Å². The zero-order valence-corrected chi connectivity index (χ0v) is 13.5. The van der Waals surface area contributed by atoms with Gasteiger partial charge in [-0.05, 0) is 36.9 Å². The van der Waals surface area contributed by atoms with Crippen LogP contribution in [0.25, 0.3) is 0 Å². The molecule has 1 rings (SSSR count). The first-order valence-corrected chi connectivity index (χ1v) is 7.36. The average molecular weight is 279 g/mol. The normalized spacial score (nSPS) is 13.2. The molecule has 3 heteroatoms. The van der Waals surface area contributed by atoms with Crippen LogP contribution in [0.5, 0.6) is 5.75 Å². The molecule has 0 spiro atoms. The lowest BCUT2D eigenvalue weighted by Crippen LogP contribution is -2.38. The van der Waals surface area contributed by atoms with Crippen molar-refractivity contribution >= 4 is 0 Å². The zero-order valence-electron chi connectivity index (χ0n) is 13.5. The van der Waals surface area contributed by atoms with Crippen molar-refractivity contribution in [2.45, 2.75) is 39.7 Å². The van der Waals surface area contributed by atoms with Crippen LogP contribution < -0.4 is 10.1 Å². The third kappa shape index (κ3) is 5.51. The first-order chi connectivity index (χ1) is 9.49. The van der Waals surface area contributed by atoms with E-state index in [-0.39, 0.29) is 5.41 Å². The van der Waals surface area contributed by atoms with Gasteiger partial charge in [0, 0.05) is 13.2 Å². The molecule has 0 heterocycles. The molecule has 1 atom stereocenters. The molecule has 3 nitrogen and oxygen atoms in total. The van der Waals surface area contributed by atoms with E-state index in [2.05, 4.69) is 38.2 Å². The maximum atomic E-state index is 5.78. The Morgan fingerprint density at radius 2 is 1.85 bits per heavy atom. The SMILES string of the molecule is CNC(CCc1ccccc1OCCOC)C(C)(C)C. The van der Waals surface area contributed by atoms with Crippen LogP contribution in [0, 0.1) is 5.41 Å². The summed E-state index contributed by atoms with van der Waals surface area (Å²) in [7, 11) is 3.73. The summed E-state index contributed by atoms with van der Waals surface area (Å²) in [5.41, 5.74) is 1.54. The van der Waals surface area contributed by atoms with Gasteiger partial charge in [0.25, 0.3) is 0 Å². The summed E-state index contributed by atoms with van der Waals surface area (Å²) in [5.74, 6) is 0.980. The molecule has 0 aromatic heterocycles. The summed E-state index contributed by atoms with van der Waals surface area (Å²) >= 11 is 0. The third-order valence-electron chi connectivity index (χ3n) is 3.61. The molecular weight excluding hydrogens is 250 g/mol. The van der Waals surface area contributed by atoms with Crippen molar-refractivity contribution in [3.05, 3.63) is 29.8 Å². The number of rotatable bonds is 8. The van der Waals surface area contributed by atoms with Gasteiger partial charge >= 0.3 is 0 Å². The van der Waals surface area contributed by atoms with Crippen LogP contribution in [0.15, 0.2) is 24.3 Å². The molecule has 114 valence electrons. The van der Waals surface area contributed by atoms with Crippen molar-refractivity contribution in [2.24, 2.45) is 5.41 Å². The van der Waals surface area contributed by atoms with Crippen LogP contribution in [0.1, 0.15) is 32.8 Å². The maximum Gasteiger partial charge on any atom is 0.122 e. The first kappa shape index (κ1) is 17.0. The van der Waals surface area contributed by atoms with Crippen LogP contribution in [0.2, 0.25) is 0 Å². The van der Waals surface area contributed by atoms with E-state index in [1.165, 1.54) is 5.56 Å². The molecule has 0 saturated carbocycles. The van der Waals surface area contributed by atoms with Gasteiger partial charge in [-0.15, -0.1) is 0 Å². The van der Waals surface area contributed by atoms with Crippen LogP contribution in [0.4, 0.5) is 0 Å². The fraction of sp³-hybridized carbons (Fsp3) is 0.647. The number of benzene rings is 1. The highest BCUT2D eigenvalue weighted by Crippen LogP contribution is 2.25. The van der Waals surface area contributed by atoms with Gasteiger partial charge < -0.3 is 14.8 Å². The molecule has 0 aliphatic rings. The summed E-state index contributed by atoms with van der Waals surface area (Å²) < 4.78 is 10.8. The molecule has 0 aliphatic heterocycles. The van der Waals surface area contributed by atoms with Gasteiger partial charge in [0.1, 0.15) is 12.4 Å². The number of hydrogen-bond acceptors (Lipinski definition) is 3. The summed E-state index contributed by atoms with van der Waals surface area (Å²) in [6.45, 7) is 8.04. The van der Waals surface area contributed by atoms with Crippen LogP contribution in [-0.2, 0) is 11.2 Å². The van der Waals surface area contributed by atoms with Crippen molar-refractivity contribution in [3.8, 4) is 5.75 Å². The Kier molecular flexibility index (Phi) is 7.03. The quantitative estimate of drug-likeness (QED) is 0.741. The highest BCUT2D eigenvalue weighted by atomic mass is 16.5. The maximum absolute atomic E-state index is 5.78. The number of aryl methyl sites for hydroxylation is 1. The van der Waals surface area contributed by atoms with Gasteiger partial charge in [-0.3, -0.25) is 0 Å². The van der Waals surface area contributed by atoms with Gasteiger partial charge in [-0.2, -0.15) is 0 Å². The lowest BCUT2D eigenvalue weighted by atomic mass is 9.83. The van der Waals surface area contributed by atoms with Gasteiger partial charge in [0.2, 0.25) is 0 Å². The average Bonchev–Trinajstić information content (AvgIpc) is 2.40. The summed E-state index contributed by atoms with van der Waals surface area (Å²) in [4.78, 5) is 0. The highest BCUT2D eigenvalue weighted by Gasteiger charge is 2.22. The molecular formula is C17H29NO2. The van der Waals surface area contributed by atoms with E-state index in [0.29, 0.717) is 19.3 Å². The lowest BCUT2D eigenvalue weighted by molar-refractivity contribution is 0.145. The Hall–Kier alpha value is -1.06. The van der Waals surface area contributed by atoms with Crippen LogP contribution >= 0.6 is 0 Å². The number of hydrogen-bond donors (Lipinski definition) is 1. The summed E-state index contributed by atoms with van der Waals surface area (Å²) in [6.07, 6.45) is 2.12. The molecule has 1 aromatic carbocycles. The van der Waals surface area contributed by atoms with Gasteiger partial charge in [0.05, 0.1) is 6.61 Å². The van der Waals surface area contributed by atoms with E-state index in [1.807, 2.05) is 19.2 Å². The monoisotopic (exact) mass is 279 g/mol. The Morgan fingerprint density at radius 3 is 2.45 bits per heavy atom. The Balaban J connectivity index is 2.62. The van der Waals surface area contributed by atoms with Crippen molar-refractivity contribution in [2.75, 3.05) is 27.4 Å². The van der Waals surface area contributed by atoms with E-state index < -0.39 is 0 Å². The number of methoxy groups -OCH3 is 1. The summed E-state index contributed by atoms with van der Waals surface area (Å²) in [5, 5.41) is 3.42. The number of para-hydroxylation sites is 1. The van der Waals surface area contributed by atoms with Gasteiger partial charge in [0.15, 0.2) is 0 Å². The minimum absolute atomic E-state index is 0.264. The molecule has 1 N–H and O–H groups in total. The van der Waals surface area contributed by atoms with E-state index in [9.17, 15) is 0 Å². The second-order valence-corrected chi connectivity index (χ2v) is 6.19. The number of ether oxygens (including phenoxy) is 2. The predicted molar refractivity (Wildman–Crippen MR) is 84.4 cm³/mol. The molecule has 0 fully saturated rings. The second-order valence-electron chi connectivity index (χ2n) is 6.19. The summed E-state index contributed by atoms with van der Waals surface area (Å²) in [6, 6.07) is 8.78. The first-order valence-electron chi connectivity index (χ1n) is 7.36. The fourth-order valence-corrected chi connectivity index (χ4v) is 2.40. The van der Waals surface area contributed by atoms with Crippen molar-refractivity contribution < 1.29 is 9.47 Å². The minimum Gasteiger partial charge on any atom is -0.491 e. The zero-order chi connectivity index (χ0) is 15.0. The molecule has 0 bridgehead atoms.